The Morgan fingerprint density at radius 3 is 2.56 bits per heavy atom. The number of benzene rings is 2. The number of rotatable bonds is 6. The lowest BCUT2D eigenvalue weighted by Crippen LogP contribution is -2.38. The molecule has 2 aromatic carbocycles. The molecule has 0 saturated carbocycles. The molecule has 0 aliphatic carbocycles. The van der Waals surface area contributed by atoms with Gasteiger partial charge in [-0.15, -0.1) is 0 Å². The van der Waals surface area contributed by atoms with Crippen molar-refractivity contribution in [1.82, 2.24) is 4.90 Å². The Bertz CT molecular complexity index is 816. The van der Waals surface area contributed by atoms with E-state index in [4.69, 9.17) is 0 Å². The molecule has 0 radical (unpaired) electrons. The Hall–Kier alpha value is -2.62. The molecular formula is C23H28N2O2. The third-order valence-electron chi connectivity index (χ3n) is 5.48. The molecule has 1 saturated heterocycles. The van der Waals surface area contributed by atoms with Crippen molar-refractivity contribution in [3.63, 3.8) is 0 Å². The van der Waals surface area contributed by atoms with Crippen LogP contribution >= 0.6 is 0 Å². The quantitative estimate of drug-likeness (QED) is 0.733. The van der Waals surface area contributed by atoms with Gasteiger partial charge in [-0.3, -0.25) is 9.59 Å². The Kier molecular flexibility index (Phi) is 5.94. The van der Waals surface area contributed by atoms with Crippen LogP contribution in [0.4, 0.5) is 5.69 Å². The van der Waals surface area contributed by atoms with Gasteiger partial charge in [-0.2, -0.15) is 0 Å². The van der Waals surface area contributed by atoms with Crippen LogP contribution in [0.3, 0.4) is 0 Å². The fourth-order valence-corrected chi connectivity index (χ4v) is 3.60. The fourth-order valence-electron chi connectivity index (χ4n) is 3.60. The van der Waals surface area contributed by atoms with Crippen LogP contribution in [0.25, 0.3) is 0 Å². The van der Waals surface area contributed by atoms with Crippen molar-refractivity contribution in [2.45, 2.75) is 33.1 Å². The van der Waals surface area contributed by atoms with E-state index in [9.17, 15) is 9.59 Å². The molecule has 1 aliphatic rings. The summed E-state index contributed by atoms with van der Waals surface area (Å²) in [7, 11) is 1.80. The van der Waals surface area contributed by atoms with Gasteiger partial charge in [0.1, 0.15) is 5.92 Å². The maximum atomic E-state index is 12.8. The van der Waals surface area contributed by atoms with Gasteiger partial charge < -0.3 is 9.80 Å². The van der Waals surface area contributed by atoms with Crippen LogP contribution in [0, 0.1) is 19.8 Å². The van der Waals surface area contributed by atoms with Gasteiger partial charge in [0.25, 0.3) is 0 Å². The SMILES string of the molecule is Cc1ccc(N2CCC(C(=O)N(C)CCCc3ccccc3)C2=O)cc1C. The van der Waals surface area contributed by atoms with Gasteiger partial charge in [0, 0.05) is 25.8 Å². The van der Waals surface area contributed by atoms with Crippen molar-refractivity contribution < 1.29 is 9.59 Å². The monoisotopic (exact) mass is 364 g/mol. The van der Waals surface area contributed by atoms with E-state index in [1.54, 1.807) is 16.8 Å². The lowest BCUT2D eigenvalue weighted by molar-refractivity contribution is -0.138. The molecule has 1 atom stereocenters. The molecule has 3 rings (SSSR count). The average molecular weight is 364 g/mol. The smallest absolute Gasteiger partial charge is 0.239 e. The Morgan fingerprint density at radius 2 is 1.85 bits per heavy atom. The number of hydrogen-bond acceptors (Lipinski definition) is 2. The summed E-state index contributed by atoms with van der Waals surface area (Å²) in [4.78, 5) is 29.1. The molecule has 2 aromatic rings. The summed E-state index contributed by atoms with van der Waals surface area (Å²) in [6.07, 6.45) is 2.42. The minimum Gasteiger partial charge on any atom is -0.345 e. The number of aryl methyl sites for hydroxylation is 3. The molecule has 2 amide bonds. The van der Waals surface area contributed by atoms with E-state index in [0.29, 0.717) is 19.5 Å². The minimum atomic E-state index is -0.548. The lowest BCUT2D eigenvalue weighted by atomic mass is 10.1. The Labute approximate surface area is 161 Å². The van der Waals surface area contributed by atoms with E-state index < -0.39 is 5.92 Å². The second-order valence-corrected chi connectivity index (χ2v) is 7.45. The first kappa shape index (κ1) is 19.2. The number of carbonyl (C=O) groups excluding carboxylic acids is 2. The van der Waals surface area contributed by atoms with Crippen LogP contribution in [-0.4, -0.2) is 36.9 Å². The first-order valence-corrected chi connectivity index (χ1v) is 9.65. The van der Waals surface area contributed by atoms with E-state index in [1.807, 2.05) is 43.3 Å². The summed E-state index contributed by atoms with van der Waals surface area (Å²) in [5.41, 5.74) is 4.53. The largest absolute Gasteiger partial charge is 0.345 e. The third kappa shape index (κ3) is 4.38. The zero-order valence-corrected chi connectivity index (χ0v) is 16.4. The Morgan fingerprint density at radius 1 is 1.11 bits per heavy atom. The first-order chi connectivity index (χ1) is 13.0. The second kappa shape index (κ2) is 8.38. The average Bonchev–Trinajstić information content (AvgIpc) is 3.05. The van der Waals surface area contributed by atoms with Gasteiger partial charge in [0.15, 0.2) is 0 Å². The highest BCUT2D eigenvalue weighted by Crippen LogP contribution is 2.28. The topological polar surface area (TPSA) is 40.6 Å². The molecule has 1 aliphatic heterocycles. The van der Waals surface area contributed by atoms with Crippen molar-refractivity contribution in [1.29, 1.82) is 0 Å². The predicted octanol–water partition coefficient (Wildman–Crippen LogP) is 3.75. The van der Waals surface area contributed by atoms with Crippen LogP contribution in [0.15, 0.2) is 48.5 Å². The van der Waals surface area contributed by atoms with Crippen LogP contribution < -0.4 is 4.90 Å². The number of anilines is 1. The van der Waals surface area contributed by atoms with E-state index >= 15 is 0 Å². The van der Waals surface area contributed by atoms with E-state index in [-0.39, 0.29) is 11.8 Å². The molecular weight excluding hydrogens is 336 g/mol. The fraction of sp³-hybridized carbons (Fsp3) is 0.391. The summed E-state index contributed by atoms with van der Waals surface area (Å²) < 4.78 is 0. The molecule has 0 spiro atoms. The molecule has 27 heavy (non-hydrogen) atoms. The van der Waals surface area contributed by atoms with E-state index in [2.05, 4.69) is 19.1 Å². The second-order valence-electron chi connectivity index (χ2n) is 7.45. The molecule has 0 aromatic heterocycles. The van der Waals surface area contributed by atoms with E-state index in [1.165, 1.54) is 11.1 Å². The maximum absolute atomic E-state index is 12.8. The molecule has 4 heteroatoms. The maximum Gasteiger partial charge on any atom is 0.239 e. The van der Waals surface area contributed by atoms with E-state index in [0.717, 1.165) is 24.1 Å². The molecule has 0 bridgehead atoms. The number of carbonyl (C=O) groups is 2. The van der Waals surface area contributed by atoms with Crippen molar-refractivity contribution in [2.24, 2.45) is 5.92 Å². The summed E-state index contributed by atoms with van der Waals surface area (Å²) in [5.74, 6) is -0.675. The highest BCUT2D eigenvalue weighted by atomic mass is 16.2. The standard InChI is InChI=1S/C23H28N2O2/c1-17-11-12-20(16-18(17)2)25-15-13-21(23(25)27)22(26)24(3)14-7-10-19-8-5-4-6-9-19/h4-6,8-9,11-12,16,21H,7,10,13-15H2,1-3H3. The normalized spacial score (nSPS) is 16.6. The van der Waals surface area contributed by atoms with Gasteiger partial charge in [0.05, 0.1) is 0 Å². The summed E-state index contributed by atoms with van der Waals surface area (Å²) >= 11 is 0. The molecule has 1 fully saturated rings. The zero-order valence-electron chi connectivity index (χ0n) is 16.4. The van der Waals surface area contributed by atoms with Crippen LogP contribution in [0.2, 0.25) is 0 Å². The minimum absolute atomic E-state index is 0.0561. The Balaban J connectivity index is 1.56. The first-order valence-electron chi connectivity index (χ1n) is 9.65. The van der Waals surface area contributed by atoms with Crippen molar-refractivity contribution in [3.05, 3.63) is 65.2 Å². The predicted molar refractivity (Wildman–Crippen MR) is 109 cm³/mol. The number of hydrogen-bond donors (Lipinski definition) is 0. The molecule has 1 unspecified atom stereocenters. The van der Waals surface area contributed by atoms with Gasteiger partial charge in [-0.05, 0) is 61.9 Å². The molecule has 142 valence electrons. The van der Waals surface area contributed by atoms with Crippen LogP contribution in [-0.2, 0) is 16.0 Å². The van der Waals surface area contributed by atoms with Crippen molar-refractivity contribution >= 4 is 17.5 Å². The number of nitrogens with zero attached hydrogens (tertiary/aromatic N) is 2. The van der Waals surface area contributed by atoms with Gasteiger partial charge in [0.2, 0.25) is 11.8 Å². The van der Waals surface area contributed by atoms with Gasteiger partial charge >= 0.3 is 0 Å². The number of amides is 2. The highest BCUT2D eigenvalue weighted by molar-refractivity contribution is 6.09. The zero-order chi connectivity index (χ0) is 19.4. The summed E-state index contributed by atoms with van der Waals surface area (Å²) in [5, 5.41) is 0. The van der Waals surface area contributed by atoms with Gasteiger partial charge in [-0.1, -0.05) is 36.4 Å². The molecule has 0 N–H and O–H groups in total. The van der Waals surface area contributed by atoms with Crippen LogP contribution in [0.5, 0.6) is 0 Å². The van der Waals surface area contributed by atoms with Gasteiger partial charge in [-0.25, -0.2) is 0 Å². The van der Waals surface area contributed by atoms with Crippen LogP contribution in [0.1, 0.15) is 29.5 Å². The highest BCUT2D eigenvalue weighted by Gasteiger charge is 2.38. The van der Waals surface area contributed by atoms with Crippen molar-refractivity contribution in [2.75, 3.05) is 25.0 Å². The summed E-state index contributed by atoms with van der Waals surface area (Å²) in [6.45, 7) is 5.38. The molecule has 1 heterocycles. The molecule has 4 nitrogen and oxygen atoms in total. The van der Waals surface area contributed by atoms with Crippen molar-refractivity contribution in [3.8, 4) is 0 Å². The third-order valence-corrected chi connectivity index (χ3v) is 5.48. The summed E-state index contributed by atoms with van der Waals surface area (Å²) in [6, 6.07) is 16.3. The lowest BCUT2D eigenvalue weighted by Gasteiger charge is -2.21.